The van der Waals surface area contributed by atoms with Crippen molar-refractivity contribution in [2.24, 2.45) is 5.73 Å². The van der Waals surface area contributed by atoms with Crippen molar-refractivity contribution in [3.05, 3.63) is 26.9 Å². The number of nitriles is 1. The third-order valence-corrected chi connectivity index (χ3v) is 2.44. The Morgan fingerprint density at radius 2 is 2.38 bits per heavy atom. The highest BCUT2D eigenvalue weighted by Crippen LogP contribution is 2.23. The zero-order valence-corrected chi connectivity index (χ0v) is 8.02. The average Bonchev–Trinajstić information content (AvgIpc) is 2.46. The first-order valence-corrected chi connectivity index (χ1v) is 4.50. The summed E-state index contributed by atoms with van der Waals surface area (Å²) in [7, 11) is 0. The van der Waals surface area contributed by atoms with Crippen LogP contribution in [0.15, 0.2) is 17.7 Å². The van der Waals surface area contributed by atoms with E-state index < -0.39 is 5.91 Å². The summed E-state index contributed by atoms with van der Waals surface area (Å²) >= 11 is 6.94. The number of rotatable bonds is 2. The molecule has 0 atom stereocenters. The number of hydrogen-bond donors (Lipinski definition) is 1. The van der Waals surface area contributed by atoms with Gasteiger partial charge in [-0.25, -0.2) is 0 Å². The van der Waals surface area contributed by atoms with Crippen molar-refractivity contribution in [3.8, 4) is 6.07 Å². The molecule has 0 aliphatic carbocycles. The Labute approximate surface area is 84.0 Å². The fourth-order valence-corrected chi connectivity index (χ4v) is 1.71. The zero-order valence-electron chi connectivity index (χ0n) is 6.45. The molecular weight excluding hydrogens is 208 g/mol. The Morgan fingerprint density at radius 1 is 1.69 bits per heavy atom. The predicted molar refractivity (Wildman–Crippen MR) is 52.1 cm³/mol. The van der Waals surface area contributed by atoms with Crippen LogP contribution >= 0.6 is 22.9 Å². The van der Waals surface area contributed by atoms with Crippen LogP contribution in [-0.2, 0) is 4.79 Å². The van der Waals surface area contributed by atoms with Crippen molar-refractivity contribution in [1.82, 2.24) is 0 Å². The second-order valence-corrected chi connectivity index (χ2v) is 3.92. The van der Waals surface area contributed by atoms with Crippen LogP contribution in [-0.4, -0.2) is 5.91 Å². The van der Waals surface area contributed by atoms with Gasteiger partial charge in [-0.3, -0.25) is 4.79 Å². The molecule has 0 radical (unpaired) electrons. The van der Waals surface area contributed by atoms with Crippen molar-refractivity contribution < 1.29 is 4.79 Å². The number of nitrogens with two attached hydrogens (primary N) is 1. The number of amides is 1. The molecule has 1 aromatic heterocycles. The summed E-state index contributed by atoms with van der Waals surface area (Å²) in [6, 6.07) is 5.11. The molecule has 1 amide bonds. The smallest absolute Gasteiger partial charge is 0.259 e. The molecule has 0 saturated heterocycles. The third kappa shape index (κ3) is 2.58. The Bertz CT molecular complexity index is 403. The fourth-order valence-electron chi connectivity index (χ4n) is 0.707. The maximum atomic E-state index is 10.6. The molecule has 1 heterocycles. The number of carbonyl (C=O) groups excluding carboxylic acids is 1. The van der Waals surface area contributed by atoms with E-state index in [-0.39, 0.29) is 5.57 Å². The lowest BCUT2D eigenvalue weighted by atomic mass is 10.2. The summed E-state index contributed by atoms with van der Waals surface area (Å²) in [5, 5.41) is 8.52. The van der Waals surface area contributed by atoms with Gasteiger partial charge in [-0.2, -0.15) is 5.26 Å². The van der Waals surface area contributed by atoms with Gasteiger partial charge >= 0.3 is 0 Å². The van der Waals surface area contributed by atoms with Crippen LogP contribution in [0, 0.1) is 11.3 Å². The van der Waals surface area contributed by atoms with Gasteiger partial charge in [0.25, 0.3) is 5.91 Å². The maximum absolute atomic E-state index is 10.6. The van der Waals surface area contributed by atoms with Gasteiger partial charge in [0.1, 0.15) is 11.6 Å². The number of thiophene rings is 1. The maximum Gasteiger partial charge on any atom is 0.259 e. The SMILES string of the molecule is N#C/C(=C/c1ccc(Cl)s1)C(N)=O. The first-order valence-electron chi connectivity index (χ1n) is 3.30. The summed E-state index contributed by atoms with van der Waals surface area (Å²) in [5.74, 6) is -0.730. The third-order valence-electron chi connectivity index (χ3n) is 1.27. The monoisotopic (exact) mass is 212 g/mol. The average molecular weight is 213 g/mol. The minimum Gasteiger partial charge on any atom is -0.365 e. The van der Waals surface area contributed by atoms with E-state index in [1.54, 1.807) is 18.2 Å². The lowest BCUT2D eigenvalue weighted by Crippen LogP contribution is -2.12. The van der Waals surface area contributed by atoms with Crippen LogP contribution in [0.2, 0.25) is 4.34 Å². The number of nitrogens with zero attached hydrogens (tertiary/aromatic N) is 1. The van der Waals surface area contributed by atoms with Crippen molar-refractivity contribution >= 4 is 34.9 Å². The van der Waals surface area contributed by atoms with Gasteiger partial charge in [-0.1, -0.05) is 11.6 Å². The van der Waals surface area contributed by atoms with Gasteiger partial charge in [-0.15, -0.1) is 11.3 Å². The van der Waals surface area contributed by atoms with Gasteiger partial charge in [0.2, 0.25) is 0 Å². The molecule has 0 aliphatic rings. The standard InChI is InChI=1S/C8H5ClN2OS/c9-7-2-1-6(13-7)3-5(4-10)8(11)12/h1-3H,(H2,11,12)/b5-3-. The van der Waals surface area contributed by atoms with Crippen LogP contribution in [0.5, 0.6) is 0 Å². The lowest BCUT2D eigenvalue weighted by Gasteiger charge is -1.88. The molecule has 66 valence electrons. The van der Waals surface area contributed by atoms with Crippen LogP contribution in [0.4, 0.5) is 0 Å². The number of hydrogen-bond acceptors (Lipinski definition) is 3. The minimum absolute atomic E-state index is 0.0708. The highest BCUT2D eigenvalue weighted by molar-refractivity contribution is 7.17. The van der Waals surface area contributed by atoms with Crippen LogP contribution in [0.25, 0.3) is 6.08 Å². The molecule has 0 saturated carbocycles. The second kappa shape index (κ2) is 4.08. The van der Waals surface area contributed by atoms with Crippen LogP contribution in [0.3, 0.4) is 0 Å². The van der Waals surface area contributed by atoms with E-state index in [4.69, 9.17) is 22.6 Å². The molecule has 1 rings (SSSR count). The summed E-state index contributed by atoms with van der Waals surface area (Å²) in [6.07, 6.45) is 1.42. The van der Waals surface area contributed by atoms with Gasteiger partial charge in [0.05, 0.1) is 4.34 Å². The number of halogens is 1. The Morgan fingerprint density at radius 3 is 2.77 bits per heavy atom. The van der Waals surface area contributed by atoms with Crippen molar-refractivity contribution in [1.29, 1.82) is 5.26 Å². The first kappa shape index (κ1) is 9.78. The molecule has 0 unspecified atom stereocenters. The number of primary amides is 1. The van der Waals surface area contributed by atoms with Crippen molar-refractivity contribution in [2.75, 3.05) is 0 Å². The van der Waals surface area contributed by atoms with Gasteiger partial charge < -0.3 is 5.73 Å². The van der Waals surface area contributed by atoms with Gasteiger partial charge in [0, 0.05) is 4.88 Å². The fraction of sp³-hybridized carbons (Fsp3) is 0. The second-order valence-electron chi connectivity index (χ2n) is 2.18. The van der Waals surface area contributed by atoms with E-state index in [1.807, 2.05) is 0 Å². The molecule has 0 aromatic carbocycles. The predicted octanol–water partition coefficient (Wildman–Crippen LogP) is 1.79. The quantitative estimate of drug-likeness (QED) is 0.600. The molecule has 2 N–H and O–H groups in total. The topological polar surface area (TPSA) is 66.9 Å². The van der Waals surface area contributed by atoms with E-state index >= 15 is 0 Å². The van der Waals surface area contributed by atoms with Gasteiger partial charge in [-0.05, 0) is 18.2 Å². The Hall–Kier alpha value is -1.31. The summed E-state index contributed by atoms with van der Waals surface area (Å²) < 4.78 is 0.605. The molecule has 0 fully saturated rings. The Balaban J connectivity index is 3.00. The van der Waals surface area contributed by atoms with E-state index in [0.29, 0.717) is 4.34 Å². The zero-order chi connectivity index (χ0) is 9.84. The molecule has 1 aromatic rings. The largest absolute Gasteiger partial charge is 0.365 e. The highest BCUT2D eigenvalue weighted by atomic mass is 35.5. The summed E-state index contributed by atoms with van der Waals surface area (Å²) in [6.45, 7) is 0. The molecule has 3 nitrogen and oxygen atoms in total. The summed E-state index contributed by atoms with van der Waals surface area (Å²) in [5.41, 5.74) is 4.87. The molecular formula is C8H5ClN2OS. The van der Waals surface area contributed by atoms with Gasteiger partial charge in [0.15, 0.2) is 0 Å². The normalized spacial score (nSPS) is 10.9. The van der Waals surface area contributed by atoms with Crippen LogP contribution in [0.1, 0.15) is 4.88 Å². The van der Waals surface area contributed by atoms with Crippen molar-refractivity contribution in [2.45, 2.75) is 0 Å². The van der Waals surface area contributed by atoms with E-state index in [9.17, 15) is 4.79 Å². The van der Waals surface area contributed by atoms with E-state index in [0.717, 1.165) is 4.88 Å². The van der Waals surface area contributed by atoms with Crippen molar-refractivity contribution in [3.63, 3.8) is 0 Å². The molecule has 13 heavy (non-hydrogen) atoms. The van der Waals surface area contributed by atoms with Crippen LogP contribution < -0.4 is 5.73 Å². The first-order chi connectivity index (χ1) is 6.13. The minimum atomic E-state index is -0.730. The Kier molecular flexibility index (Phi) is 3.07. The molecule has 0 aliphatic heterocycles. The lowest BCUT2D eigenvalue weighted by molar-refractivity contribution is -0.114. The molecule has 0 spiro atoms. The highest BCUT2D eigenvalue weighted by Gasteiger charge is 2.04. The molecule has 5 heteroatoms. The van der Waals surface area contributed by atoms with E-state index in [1.165, 1.54) is 17.4 Å². The molecule has 0 bridgehead atoms. The van der Waals surface area contributed by atoms with E-state index in [2.05, 4.69) is 0 Å². The summed E-state index contributed by atoms with van der Waals surface area (Å²) in [4.78, 5) is 11.4. The number of carbonyl (C=O) groups is 1.